The van der Waals surface area contributed by atoms with Crippen LogP contribution in [-0.4, -0.2) is 20.1 Å². The Balaban J connectivity index is 1.84. The van der Waals surface area contributed by atoms with Crippen molar-refractivity contribution < 1.29 is 12.9 Å². The van der Waals surface area contributed by atoms with E-state index in [0.29, 0.717) is 13.0 Å². The van der Waals surface area contributed by atoms with Crippen molar-refractivity contribution in [2.75, 3.05) is 6.54 Å². The lowest BCUT2D eigenvalue weighted by molar-refractivity contribution is 0.390. The molecule has 6 heteroatoms. The highest BCUT2D eigenvalue weighted by Crippen LogP contribution is 2.05. The van der Waals surface area contributed by atoms with Crippen LogP contribution in [0.2, 0.25) is 0 Å². The minimum Gasteiger partial charge on any atom is -0.361 e. The van der Waals surface area contributed by atoms with Crippen LogP contribution < -0.4 is 4.72 Å². The van der Waals surface area contributed by atoms with Crippen LogP contribution in [0.1, 0.15) is 17.0 Å². The Morgan fingerprint density at radius 1 is 1.26 bits per heavy atom. The summed E-state index contributed by atoms with van der Waals surface area (Å²) in [7, 11) is -3.31. The summed E-state index contributed by atoms with van der Waals surface area (Å²) in [4.78, 5) is 0. The highest BCUT2D eigenvalue weighted by molar-refractivity contribution is 7.88. The first-order valence-electron chi connectivity index (χ1n) is 5.99. The number of sulfonamides is 1. The molecule has 0 spiro atoms. The van der Waals surface area contributed by atoms with Crippen molar-refractivity contribution in [2.45, 2.75) is 19.1 Å². The van der Waals surface area contributed by atoms with Crippen LogP contribution in [0.25, 0.3) is 0 Å². The van der Waals surface area contributed by atoms with E-state index in [0.717, 1.165) is 17.0 Å². The summed E-state index contributed by atoms with van der Waals surface area (Å²) in [6, 6.07) is 10.9. The van der Waals surface area contributed by atoms with Crippen molar-refractivity contribution in [2.24, 2.45) is 0 Å². The number of aryl methyl sites for hydroxylation is 1. The molecule has 0 bridgehead atoms. The van der Waals surface area contributed by atoms with Gasteiger partial charge in [-0.25, -0.2) is 13.1 Å². The molecule has 0 aliphatic rings. The van der Waals surface area contributed by atoms with Crippen LogP contribution in [0.5, 0.6) is 0 Å². The summed E-state index contributed by atoms with van der Waals surface area (Å²) in [5.41, 5.74) is 1.52. The lowest BCUT2D eigenvalue weighted by Crippen LogP contribution is -2.27. The van der Waals surface area contributed by atoms with Gasteiger partial charge >= 0.3 is 0 Å². The van der Waals surface area contributed by atoms with E-state index in [1.165, 1.54) is 0 Å². The Morgan fingerprint density at radius 2 is 2.00 bits per heavy atom. The first-order chi connectivity index (χ1) is 9.05. The smallest absolute Gasteiger partial charge is 0.215 e. The Hall–Kier alpha value is -1.66. The largest absolute Gasteiger partial charge is 0.361 e. The Morgan fingerprint density at radius 3 is 2.63 bits per heavy atom. The summed E-state index contributed by atoms with van der Waals surface area (Å²) in [5.74, 6) is 0.716. The van der Waals surface area contributed by atoms with E-state index in [9.17, 15) is 8.42 Å². The fraction of sp³-hybridized carbons (Fsp3) is 0.308. The second-order valence-corrected chi connectivity index (χ2v) is 6.12. The molecule has 0 radical (unpaired) electrons. The van der Waals surface area contributed by atoms with E-state index in [-0.39, 0.29) is 5.75 Å². The molecule has 2 aromatic rings. The highest BCUT2D eigenvalue weighted by Gasteiger charge is 2.11. The highest BCUT2D eigenvalue weighted by atomic mass is 32.2. The molecule has 0 saturated heterocycles. The molecular weight excluding hydrogens is 264 g/mol. The summed E-state index contributed by atoms with van der Waals surface area (Å²) in [6.45, 7) is 2.12. The van der Waals surface area contributed by atoms with Gasteiger partial charge in [-0.2, -0.15) is 0 Å². The molecule has 1 aromatic carbocycles. The van der Waals surface area contributed by atoms with Crippen LogP contribution in [0, 0.1) is 6.92 Å². The molecule has 0 saturated carbocycles. The second-order valence-electron chi connectivity index (χ2n) is 4.32. The van der Waals surface area contributed by atoms with Gasteiger partial charge in [0.25, 0.3) is 0 Å². The van der Waals surface area contributed by atoms with E-state index in [1.807, 2.05) is 18.2 Å². The third kappa shape index (κ3) is 4.50. The van der Waals surface area contributed by atoms with E-state index in [4.69, 9.17) is 4.52 Å². The molecule has 0 amide bonds. The van der Waals surface area contributed by atoms with E-state index < -0.39 is 10.0 Å². The number of hydrogen-bond donors (Lipinski definition) is 1. The minimum absolute atomic E-state index is 0.00825. The Kier molecular flexibility index (Phi) is 4.34. The van der Waals surface area contributed by atoms with Crippen LogP contribution in [0.15, 0.2) is 40.9 Å². The lowest BCUT2D eigenvalue weighted by Gasteiger charge is -2.05. The standard InChI is InChI=1S/C13H16N2O3S/c1-11-9-13(15-18-11)7-8-14-19(16,17)10-12-5-3-2-4-6-12/h2-6,9,14H,7-8,10H2,1H3. The molecule has 1 heterocycles. The molecule has 5 nitrogen and oxygen atoms in total. The average Bonchev–Trinajstić information content (AvgIpc) is 2.75. The number of hydrogen-bond acceptors (Lipinski definition) is 4. The molecule has 0 fully saturated rings. The molecule has 0 aliphatic heterocycles. The third-order valence-electron chi connectivity index (χ3n) is 2.58. The van der Waals surface area contributed by atoms with Crippen molar-refractivity contribution in [3.63, 3.8) is 0 Å². The molecule has 0 aliphatic carbocycles. The van der Waals surface area contributed by atoms with Crippen molar-refractivity contribution in [1.82, 2.24) is 9.88 Å². The summed E-state index contributed by atoms with van der Waals surface area (Å²) < 4.78 is 31.2. The zero-order valence-corrected chi connectivity index (χ0v) is 11.5. The number of benzene rings is 1. The normalized spacial score (nSPS) is 11.6. The third-order valence-corrected chi connectivity index (χ3v) is 3.94. The first-order valence-corrected chi connectivity index (χ1v) is 7.64. The second kappa shape index (κ2) is 5.99. The van der Waals surface area contributed by atoms with Gasteiger partial charge in [-0.1, -0.05) is 35.5 Å². The quantitative estimate of drug-likeness (QED) is 0.873. The number of nitrogens with one attached hydrogen (secondary N) is 1. The maximum Gasteiger partial charge on any atom is 0.215 e. The van der Waals surface area contributed by atoms with Gasteiger partial charge in [0.1, 0.15) is 5.76 Å². The number of aromatic nitrogens is 1. The van der Waals surface area contributed by atoms with E-state index in [2.05, 4.69) is 9.88 Å². The molecule has 0 atom stereocenters. The minimum atomic E-state index is -3.31. The summed E-state index contributed by atoms with van der Waals surface area (Å²) in [6.07, 6.45) is 0.519. The molecule has 2 rings (SSSR count). The number of rotatable bonds is 6. The van der Waals surface area contributed by atoms with Crippen LogP contribution in [0.4, 0.5) is 0 Å². The SMILES string of the molecule is Cc1cc(CCNS(=O)(=O)Cc2ccccc2)no1. The fourth-order valence-electron chi connectivity index (χ4n) is 1.72. The zero-order valence-electron chi connectivity index (χ0n) is 10.7. The van der Waals surface area contributed by atoms with Crippen molar-refractivity contribution in [1.29, 1.82) is 0 Å². The molecule has 1 N–H and O–H groups in total. The summed E-state index contributed by atoms with van der Waals surface area (Å²) in [5, 5.41) is 3.81. The van der Waals surface area contributed by atoms with Gasteiger partial charge in [-0.3, -0.25) is 0 Å². The molecule has 19 heavy (non-hydrogen) atoms. The predicted molar refractivity (Wildman–Crippen MR) is 72.0 cm³/mol. The first kappa shape index (κ1) is 13.8. The molecule has 102 valence electrons. The summed E-state index contributed by atoms with van der Waals surface area (Å²) >= 11 is 0. The van der Waals surface area contributed by atoms with Gasteiger partial charge in [0.05, 0.1) is 11.4 Å². The Bertz CT molecular complexity index is 620. The number of nitrogens with zero attached hydrogens (tertiary/aromatic N) is 1. The lowest BCUT2D eigenvalue weighted by atomic mass is 10.2. The maximum atomic E-state index is 11.8. The van der Waals surface area contributed by atoms with Gasteiger partial charge < -0.3 is 4.52 Å². The zero-order chi connectivity index (χ0) is 13.7. The van der Waals surface area contributed by atoms with Crippen molar-refractivity contribution in [3.05, 3.63) is 53.4 Å². The van der Waals surface area contributed by atoms with Crippen LogP contribution >= 0.6 is 0 Å². The van der Waals surface area contributed by atoms with Gasteiger partial charge in [0.15, 0.2) is 0 Å². The maximum absolute atomic E-state index is 11.8. The van der Waals surface area contributed by atoms with Gasteiger partial charge in [-0.15, -0.1) is 0 Å². The van der Waals surface area contributed by atoms with E-state index >= 15 is 0 Å². The average molecular weight is 280 g/mol. The predicted octanol–water partition coefficient (Wildman–Crippen LogP) is 1.65. The van der Waals surface area contributed by atoms with E-state index in [1.54, 1.807) is 25.1 Å². The Labute approximate surface area is 112 Å². The fourth-order valence-corrected chi connectivity index (χ4v) is 2.86. The monoisotopic (exact) mass is 280 g/mol. The molecule has 0 unspecified atom stereocenters. The van der Waals surface area contributed by atoms with Gasteiger partial charge in [0.2, 0.25) is 10.0 Å². The van der Waals surface area contributed by atoms with Gasteiger partial charge in [-0.05, 0) is 12.5 Å². The molecule has 1 aromatic heterocycles. The van der Waals surface area contributed by atoms with Crippen LogP contribution in [-0.2, 0) is 22.2 Å². The molecular formula is C13H16N2O3S. The van der Waals surface area contributed by atoms with Crippen LogP contribution in [0.3, 0.4) is 0 Å². The topological polar surface area (TPSA) is 72.2 Å². The van der Waals surface area contributed by atoms with Crippen molar-refractivity contribution >= 4 is 10.0 Å². The van der Waals surface area contributed by atoms with Gasteiger partial charge in [0, 0.05) is 19.0 Å². The van der Waals surface area contributed by atoms with Crippen molar-refractivity contribution in [3.8, 4) is 0 Å².